The van der Waals surface area contributed by atoms with Crippen molar-refractivity contribution in [1.82, 2.24) is 4.57 Å². The summed E-state index contributed by atoms with van der Waals surface area (Å²) in [5.74, 6) is 0.882. The molecule has 0 bridgehead atoms. The van der Waals surface area contributed by atoms with Crippen LogP contribution in [0.5, 0.6) is 5.75 Å². The van der Waals surface area contributed by atoms with E-state index < -0.39 is 0 Å². The fourth-order valence-corrected chi connectivity index (χ4v) is 2.36. The van der Waals surface area contributed by atoms with Gasteiger partial charge in [-0.2, -0.15) is 0 Å². The van der Waals surface area contributed by atoms with Gasteiger partial charge in [0.25, 0.3) is 0 Å². The van der Waals surface area contributed by atoms with Crippen molar-refractivity contribution in [2.45, 2.75) is 26.8 Å². The minimum atomic E-state index is 0.781. The maximum Gasteiger partial charge on any atom is 0.151 e. The number of benzene rings is 1. The summed E-state index contributed by atoms with van der Waals surface area (Å²) in [6.45, 7) is 4.90. The van der Waals surface area contributed by atoms with Gasteiger partial charge in [0.1, 0.15) is 5.75 Å². The SMILES string of the molecule is COc1cccc(CCn2c(C)cc(C=O)c2C)c1. The zero-order chi connectivity index (χ0) is 13.8. The average Bonchev–Trinajstić information content (AvgIpc) is 2.71. The molecule has 1 aromatic heterocycles. The summed E-state index contributed by atoms with van der Waals surface area (Å²) in [7, 11) is 1.68. The molecule has 2 rings (SSSR count). The molecule has 0 aliphatic rings. The molecule has 0 unspecified atom stereocenters. The van der Waals surface area contributed by atoms with E-state index >= 15 is 0 Å². The number of carbonyl (C=O) groups is 1. The van der Waals surface area contributed by atoms with E-state index in [4.69, 9.17) is 4.74 Å². The van der Waals surface area contributed by atoms with E-state index in [0.717, 1.165) is 42.0 Å². The van der Waals surface area contributed by atoms with E-state index in [9.17, 15) is 4.79 Å². The van der Waals surface area contributed by atoms with E-state index in [0.29, 0.717) is 0 Å². The van der Waals surface area contributed by atoms with Gasteiger partial charge in [0.15, 0.2) is 6.29 Å². The third kappa shape index (κ3) is 2.87. The maximum atomic E-state index is 10.9. The van der Waals surface area contributed by atoms with Crippen molar-refractivity contribution >= 4 is 6.29 Å². The minimum Gasteiger partial charge on any atom is -0.497 e. The van der Waals surface area contributed by atoms with Gasteiger partial charge in [0, 0.05) is 23.5 Å². The lowest BCUT2D eigenvalue weighted by Gasteiger charge is -2.10. The van der Waals surface area contributed by atoms with Crippen LogP contribution < -0.4 is 4.74 Å². The van der Waals surface area contributed by atoms with E-state index in [2.05, 4.69) is 16.7 Å². The van der Waals surface area contributed by atoms with Crippen LogP contribution in [0, 0.1) is 13.8 Å². The first-order valence-corrected chi connectivity index (χ1v) is 6.40. The van der Waals surface area contributed by atoms with Crippen molar-refractivity contribution in [2.24, 2.45) is 0 Å². The molecule has 0 spiro atoms. The molecular weight excluding hydrogens is 238 g/mol. The van der Waals surface area contributed by atoms with E-state index in [1.54, 1.807) is 7.11 Å². The molecule has 2 aromatic rings. The summed E-state index contributed by atoms with van der Waals surface area (Å²) in [5, 5.41) is 0. The van der Waals surface area contributed by atoms with Gasteiger partial charge in [-0.05, 0) is 44.0 Å². The normalized spacial score (nSPS) is 10.5. The van der Waals surface area contributed by atoms with E-state index in [1.165, 1.54) is 5.56 Å². The van der Waals surface area contributed by atoms with Crippen molar-refractivity contribution < 1.29 is 9.53 Å². The average molecular weight is 257 g/mol. The van der Waals surface area contributed by atoms with Gasteiger partial charge in [0.05, 0.1) is 7.11 Å². The third-order valence-electron chi connectivity index (χ3n) is 3.50. The van der Waals surface area contributed by atoms with Crippen LogP contribution in [-0.4, -0.2) is 18.0 Å². The maximum absolute atomic E-state index is 10.9. The first-order chi connectivity index (χ1) is 9.15. The van der Waals surface area contributed by atoms with Crippen molar-refractivity contribution in [1.29, 1.82) is 0 Å². The number of aromatic nitrogens is 1. The summed E-state index contributed by atoms with van der Waals surface area (Å²) < 4.78 is 7.41. The molecule has 0 atom stereocenters. The van der Waals surface area contributed by atoms with Crippen LogP contribution in [0.1, 0.15) is 27.3 Å². The second-order valence-corrected chi connectivity index (χ2v) is 4.70. The summed E-state index contributed by atoms with van der Waals surface area (Å²) in [6.07, 6.45) is 1.84. The first kappa shape index (κ1) is 13.4. The molecule has 0 aliphatic carbocycles. The Bertz CT molecular complexity index is 584. The zero-order valence-corrected chi connectivity index (χ0v) is 11.6. The number of nitrogens with zero attached hydrogens (tertiary/aromatic N) is 1. The zero-order valence-electron chi connectivity index (χ0n) is 11.6. The fourth-order valence-electron chi connectivity index (χ4n) is 2.36. The number of methoxy groups -OCH3 is 1. The Hall–Kier alpha value is -2.03. The molecule has 1 aromatic carbocycles. The predicted molar refractivity (Wildman–Crippen MR) is 76.0 cm³/mol. The highest BCUT2D eigenvalue weighted by Gasteiger charge is 2.08. The second-order valence-electron chi connectivity index (χ2n) is 4.70. The van der Waals surface area contributed by atoms with E-state index in [1.807, 2.05) is 32.0 Å². The van der Waals surface area contributed by atoms with Crippen LogP contribution in [0.2, 0.25) is 0 Å². The summed E-state index contributed by atoms with van der Waals surface area (Å²) in [6, 6.07) is 10.0. The molecule has 0 radical (unpaired) electrons. The van der Waals surface area contributed by atoms with Crippen LogP contribution >= 0.6 is 0 Å². The highest BCUT2D eigenvalue weighted by atomic mass is 16.5. The molecule has 100 valence electrons. The third-order valence-corrected chi connectivity index (χ3v) is 3.50. The molecule has 0 N–H and O–H groups in total. The molecule has 0 fully saturated rings. The Kier molecular flexibility index (Phi) is 4.05. The van der Waals surface area contributed by atoms with Crippen LogP contribution in [0.25, 0.3) is 0 Å². The van der Waals surface area contributed by atoms with Crippen molar-refractivity contribution in [2.75, 3.05) is 7.11 Å². The number of hydrogen-bond donors (Lipinski definition) is 0. The monoisotopic (exact) mass is 257 g/mol. The van der Waals surface area contributed by atoms with Crippen molar-refractivity contribution in [3.05, 3.63) is 52.8 Å². The standard InChI is InChI=1S/C16H19NO2/c1-12-9-15(11-18)13(2)17(12)8-7-14-5-4-6-16(10-14)19-3/h4-6,9-11H,7-8H2,1-3H3. The van der Waals surface area contributed by atoms with Gasteiger partial charge in [0.2, 0.25) is 0 Å². The first-order valence-electron chi connectivity index (χ1n) is 6.40. The lowest BCUT2D eigenvalue weighted by atomic mass is 10.1. The van der Waals surface area contributed by atoms with Crippen molar-refractivity contribution in [3.63, 3.8) is 0 Å². The Morgan fingerprint density at radius 1 is 1.26 bits per heavy atom. The number of rotatable bonds is 5. The number of aldehydes is 1. The van der Waals surface area contributed by atoms with Gasteiger partial charge in [-0.3, -0.25) is 4.79 Å². The predicted octanol–water partition coefficient (Wildman–Crippen LogP) is 3.17. The molecule has 0 amide bonds. The highest BCUT2D eigenvalue weighted by Crippen LogP contribution is 2.17. The number of carbonyl (C=O) groups excluding carboxylic acids is 1. The molecular formula is C16H19NO2. The fraction of sp³-hybridized carbons (Fsp3) is 0.312. The Morgan fingerprint density at radius 3 is 2.68 bits per heavy atom. The molecule has 3 heteroatoms. The molecule has 0 saturated carbocycles. The smallest absolute Gasteiger partial charge is 0.151 e. The van der Waals surface area contributed by atoms with Crippen LogP contribution in [-0.2, 0) is 13.0 Å². The van der Waals surface area contributed by atoms with Gasteiger partial charge in [-0.25, -0.2) is 0 Å². The molecule has 3 nitrogen and oxygen atoms in total. The minimum absolute atomic E-state index is 0.781. The van der Waals surface area contributed by atoms with Gasteiger partial charge in [-0.1, -0.05) is 12.1 Å². The molecule has 0 saturated heterocycles. The Balaban J connectivity index is 2.14. The van der Waals surface area contributed by atoms with Crippen LogP contribution in [0.15, 0.2) is 30.3 Å². The van der Waals surface area contributed by atoms with E-state index in [-0.39, 0.29) is 0 Å². The summed E-state index contributed by atoms with van der Waals surface area (Å²) >= 11 is 0. The summed E-state index contributed by atoms with van der Waals surface area (Å²) in [4.78, 5) is 10.9. The van der Waals surface area contributed by atoms with Gasteiger partial charge in [-0.15, -0.1) is 0 Å². The molecule has 19 heavy (non-hydrogen) atoms. The largest absolute Gasteiger partial charge is 0.497 e. The highest BCUT2D eigenvalue weighted by molar-refractivity contribution is 5.77. The lowest BCUT2D eigenvalue weighted by molar-refractivity contribution is 0.112. The molecule has 0 aliphatic heterocycles. The second kappa shape index (κ2) is 5.74. The molecule has 1 heterocycles. The number of aryl methyl sites for hydroxylation is 2. The lowest BCUT2D eigenvalue weighted by Crippen LogP contribution is -2.05. The Morgan fingerprint density at radius 2 is 2.05 bits per heavy atom. The number of hydrogen-bond acceptors (Lipinski definition) is 2. The quantitative estimate of drug-likeness (QED) is 0.770. The number of ether oxygens (including phenoxy) is 1. The van der Waals surface area contributed by atoms with Gasteiger partial charge >= 0.3 is 0 Å². The topological polar surface area (TPSA) is 31.2 Å². The van der Waals surface area contributed by atoms with Crippen molar-refractivity contribution in [3.8, 4) is 5.75 Å². The van der Waals surface area contributed by atoms with Crippen LogP contribution in [0.3, 0.4) is 0 Å². The summed E-state index contributed by atoms with van der Waals surface area (Å²) in [5.41, 5.74) is 4.18. The Labute approximate surface area is 113 Å². The van der Waals surface area contributed by atoms with Crippen LogP contribution in [0.4, 0.5) is 0 Å². The van der Waals surface area contributed by atoms with Gasteiger partial charge < -0.3 is 9.30 Å².